The Morgan fingerprint density at radius 2 is 2.17 bits per heavy atom. The molecule has 18 heavy (non-hydrogen) atoms. The minimum absolute atomic E-state index is 0.312. The standard InChI is InChI=1S/C13H19ClN2OS/c1-9(2)16(6-7-17-3)12-8-10(14)4-5-11(12)13(15)18/h4-5,8-9H,6-7H2,1-3H3,(H2,15,18). The van der Waals surface area contributed by atoms with E-state index in [2.05, 4.69) is 18.7 Å². The minimum Gasteiger partial charge on any atom is -0.389 e. The molecule has 0 radical (unpaired) electrons. The molecule has 2 N–H and O–H groups in total. The number of nitrogens with zero attached hydrogens (tertiary/aromatic N) is 1. The van der Waals surface area contributed by atoms with Crippen LogP contribution in [0.2, 0.25) is 5.02 Å². The number of halogens is 1. The van der Waals surface area contributed by atoms with Crippen LogP contribution in [0.25, 0.3) is 0 Å². The Kier molecular flexibility index (Phi) is 5.85. The number of benzene rings is 1. The quantitative estimate of drug-likeness (QED) is 0.816. The van der Waals surface area contributed by atoms with Gasteiger partial charge in [0.15, 0.2) is 0 Å². The molecule has 0 aliphatic carbocycles. The van der Waals surface area contributed by atoms with Gasteiger partial charge in [0.2, 0.25) is 0 Å². The first-order valence-electron chi connectivity index (χ1n) is 5.82. The van der Waals surface area contributed by atoms with E-state index < -0.39 is 0 Å². The lowest BCUT2D eigenvalue weighted by molar-refractivity contribution is 0.204. The topological polar surface area (TPSA) is 38.5 Å². The summed E-state index contributed by atoms with van der Waals surface area (Å²) in [5.41, 5.74) is 7.57. The predicted molar refractivity (Wildman–Crippen MR) is 81.7 cm³/mol. The van der Waals surface area contributed by atoms with Gasteiger partial charge in [0, 0.05) is 36.0 Å². The summed E-state index contributed by atoms with van der Waals surface area (Å²) in [6.07, 6.45) is 0. The molecule has 100 valence electrons. The Morgan fingerprint density at radius 1 is 1.50 bits per heavy atom. The molecular formula is C13H19ClN2OS. The van der Waals surface area contributed by atoms with Crippen molar-refractivity contribution in [2.45, 2.75) is 19.9 Å². The summed E-state index contributed by atoms with van der Waals surface area (Å²) in [5.74, 6) is 0. The molecular weight excluding hydrogens is 268 g/mol. The molecule has 1 aromatic rings. The predicted octanol–water partition coefficient (Wildman–Crippen LogP) is 2.84. The van der Waals surface area contributed by atoms with Crippen molar-refractivity contribution in [2.75, 3.05) is 25.2 Å². The van der Waals surface area contributed by atoms with Gasteiger partial charge in [-0.1, -0.05) is 23.8 Å². The van der Waals surface area contributed by atoms with Crippen LogP contribution in [-0.4, -0.2) is 31.3 Å². The van der Waals surface area contributed by atoms with Gasteiger partial charge in [0.25, 0.3) is 0 Å². The summed E-state index contributed by atoms with van der Waals surface area (Å²) in [6, 6.07) is 5.87. The molecule has 0 saturated carbocycles. The second-order valence-electron chi connectivity index (χ2n) is 4.31. The van der Waals surface area contributed by atoms with Gasteiger partial charge in [-0.05, 0) is 32.0 Å². The number of rotatable bonds is 6. The number of nitrogens with two attached hydrogens (primary N) is 1. The van der Waals surface area contributed by atoms with Gasteiger partial charge in [-0.3, -0.25) is 0 Å². The van der Waals surface area contributed by atoms with Crippen molar-refractivity contribution >= 4 is 34.5 Å². The smallest absolute Gasteiger partial charge is 0.106 e. The Labute approximate surface area is 119 Å². The zero-order valence-corrected chi connectivity index (χ0v) is 12.5. The second kappa shape index (κ2) is 6.92. The third kappa shape index (κ3) is 3.83. The average Bonchev–Trinajstić information content (AvgIpc) is 2.28. The Bertz CT molecular complexity index is 423. The molecule has 0 atom stereocenters. The lowest BCUT2D eigenvalue weighted by atomic mass is 10.1. The molecule has 0 unspecified atom stereocenters. The number of anilines is 1. The number of methoxy groups -OCH3 is 1. The van der Waals surface area contributed by atoms with Crippen LogP contribution in [0.1, 0.15) is 19.4 Å². The van der Waals surface area contributed by atoms with E-state index in [0.29, 0.717) is 22.7 Å². The normalized spacial score (nSPS) is 10.7. The maximum atomic E-state index is 6.06. The van der Waals surface area contributed by atoms with E-state index in [0.717, 1.165) is 17.8 Å². The Morgan fingerprint density at radius 3 is 2.67 bits per heavy atom. The molecule has 0 bridgehead atoms. The van der Waals surface area contributed by atoms with E-state index in [9.17, 15) is 0 Å². The molecule has 0 fully saturated rings. The van der Waals surface area contributed by atoms with Crippen LogP contribution in [0.3, 0.4) is 0 Å². The number of thiocarbonyl (C=S) groups is 1. The van der Waals surface area contributed by atoms with Crippen molar-refractivity contribution in [3.8, 4) is 0 Å². The summed E-state index contributed by atoms with van der Waals surface area (Å²) in [6.45, 7) is 5.63. The van der Waals surface area contributed by atoms with Crippen LogP contribution in [-0.2, 0) is 4.74 Å². The van der Waals surface area contributed by atoms with E-state index in [1.807, 2.05) is 12.1 Å². The van der Waals surface area contributed by atoms with Crippen molar-refractivity contribution in [2.24, 2.45) is 5.73 Å². The van der Waals surface area contributed by atoms with Gasteiger partial charge < -0.3 is 15.4 Å². The number of hydrogen-bond acceptors (Lipinski definition) is 3. The van der Waals surface area contributed by atoms with Crippen LogP contribution in [0.5, 0.6) is 0 Å². The highest BCUT2D eigenvalue weighted by Crippen LogP contribution is 2.26. The zero-order valence-electron chi connectivity index (χ0n) is 10.9. The maximum Gasteiger partial charge on any atom is 0.106 e. The zero-order chi connectivity index (χ0) is 13.7. The monoisotopic (exact) mass is 286 g/mol. The second-order valence-corrected chi connectivity index (χ2v) is 5.18. The Balaban J connectivity index is 3.16. The molecule has 5 heteroatoms. The van der Waals surface area contributed by atoms with Crippen molar-refractivity contribution in [3.05, 3.63) is 28.8 Å². The lowest BCUT2D eigenvalue weighted by Gasteiger charge is -2.30. The maximum absolute atomic E-state index is 6.06. The number of ether oxygens (including phenoxy) is 1. The molecule has 0 aliphatic heterocycles. The highest BCUT2D eigenvalue weighted by Gasteiger charge is 2.16. The minimum atomic E-state index is 0.312. The SMILES string of the molecule is COCCN(c1cc(Cl)ccc1C(N)=S)C(C)C. The fourth-order valence-corrected chi connectivity index (χ4v) is 2.14. The fourth-order valence-electron chi connectivity index (χ4n) is 1.80. The van der Waals surface area contributed by atoms with Gasteiger partial charge in [0.1, 0.15) is 4.99 Å². The lowest BCUT2D eigenvalue weighted by Crippen LogP contribution is -2.35. The molecule has 0 spiro atoms. The van der Waals surface area contributed by atoms with E-state index in [-0.39, 0.29) is 0 Å². The molecule has 0 aliphatic rings. The van der Waals surface area contributed by atoms with Crippen LogP contribution in [0.4, 0.5) is 5.69 Å². The first-order valence-corrected chi connectivity index (χ1v) is 6.61. The van der Waals surface area contributed by atoms with E-state index >= 15 is 0 Å². The summed E-state index contributed by atoms with van der Waals surface area (Å²) >= 11 is 11.2. The molecule has 0 amide bonds. The van der Waals surface area contributed by atoms with Crippen molar-refractivity contribution in [3.63, 3.8) is 0 Å². The summed E-state index contributed by atoms with van der Waals surface area (Å²) in [7, 11) is 1.69. The van der Waals surface area contributed by atoms with Crippen LogP contribution < -0.4 is 10.6 Å². The van der Waals surface area contributed by atoms with Crippen molar-refractivity contribution in [1.82, 2.24) is 0 Å². The summed E-state index contributed by atoms with van der Waals surface area (Å²) < 4.78 is 5.14. The molecule has 1 rings (SSSR count). The largest absolute Gasteiger partial charge is 0.389 e. The van der Waals surface area contributed by atoms with Crippen molar-refractivity contribution in [1.29, 1.82) is 0 Å². The Hall–Kier alpha value is -0.840. The first kappa shape index (κ1) is 15.2. The van der Waals surface area contributed by atoms with Gasteiger partial charge in [-0.25, -0.2) is 0 Å². The highest BCUT2D eigenvalue weighted by molar-refractivity contribution is 7.80. The van der Waals surface area contributed by atoms with E-state index in [1.54, 1.807) is 13.2 Å². The third-order valence-electron chi connectivity index (χ3n) is 2.69. The summed E-state index contributed by atoms with van der Waals surface area (Å²) in [4.78, 5) is 2.56. The summed E-state index contributed by atoms with van der Waals surface area (Å²) in [5, 5.41) is 0.674. The molecule has 0 saturated heterocycles. The van der Waals surface area contributed by atoms with Crippen LogP contribution >= 0.6 is 23.8 Å². The van der Waals surface area contributed by atoms with Gasteiger partial charge >= 0.3 is 0 Å². The van der Waals surface area contributed by atoms with Crippen molar-refractivity contribution < 1.29 is 4.74 Å². The van der Waals surface area contributed by atoms with Gasteiger partial charge in [0.05, 0.1) is 6.61 Å². The third-order valence-corrected chi connectivity index (χ3v) is 3.15. The molecule has 0 heterocycles. The highest BCUT2D eigenvalue weighted by atomic mass is 35.5. The van der Waals surface area contributed by atoms with E-state index in [1.165, 1.54) is 0 Å². The van der Waals surface area contributed by atoms with Crippen LogP contribution in [0.15, 0.2) is 18.2 Å². The molecule has 3 nitrogen and oxygen atoms in total. The molecule has 1 aromatic carbocycles. The number of hydrogen-bond donors (Lipinski definition) is 1. The first-order chi connectivity index (χ1) is 8.47. The van der Waals surface area contributed by atoms with E-state index in [4.69, 9.17) is 34.3 Å². The van der Waals surface area contributed by atoms with Gasteiger partial charge in [-0.2, -0.15) is 0 Å². The fraction of sp³-hybridized carbons (Fsp3) is 0.462. The van der Waals surface area contributed by atoms with Crippen LogP contribution in [0, 0.1) is 0 Å². The average molecular weight is 287 g/mol. The molecule has 0 aromatic heterocycles. The van der Waals surface area contributed by atoms with Gasteiger partial charge in [-0.15, -0.1) is 0 Å².